The largest absolute Gasteiger partial charge is 0.464 e. The number of nitrogens with zero attached hydrogens (tertiary/aromatic N) is 1. The Bertz CT molecular complexity index is 563. The van der Waals surface area contributed by atoms with E-state index < -0.39 is 0 Å². The SMILES string of the molecule is COCC(C)NC(N)=NCc1coc2ccccc12. The van der Waals surface area contributed by atoms with E-state index in [9.17, 15) is 0 Å². The van der Waals surface area contributed by atoms with Gasteiger partial charge in [0, 0.05) is 24.1 Å². The van der Waals surface area contributed by atoms with Gasteiger partial charge in [0.05, 0.1) is 19.4 Å². The molecule has 0 bridgehead atoms. The van der Waals surface area contributed by atoms with Crippen LogP contribution in [0, 0.1) is 0 Å². The molecule has 5 nitrogen and oxygen atoms in total. The normalized spacial score (nSPS) is 13.7. The Labute approximate surface area is 112 Å². The van der Waals surface area contributed by atoms with Crippen LogP contribution in [0.4, 0.5) is 0 Å². The number of nitrogens with one attached hydrogen (secondary N) is 1. The van der Waals surface area contributed by atoms with Crippen molar-refractivity contribution in [3.8, 4) is 0 Å². The molecule has 0 fully saturated rings. The third-order valence-corrected chi connectivity index (χ3v) is 2.79. The Morgan fingerprint density at radius 1 is 1.47 bits per heavy atom. The van der Waals surface area contributed by atoms with Gasteiger partial charge >= 0.3 is 0 Å². The van der Waals surface area contributed by atoms with Gasteiger partial charge in [-0.2, -0.15) is 0 Å². The molecule has 0 amide bonds. The van der Waals surface area contributed by atoms with Gasteiger partial charge in [-0.1, -0.05) is 18.2 Å². The lowest BCUT2D eigenvalue weighted by Gasteiger charge is -2.12. The maximum Gasteiger partial charge on any atom is 0.189 e. The van der Waals surface area contributed by atoms with Gasteiger partial charge in [-0.15, -0.1) is 0 Å². The number of hydrogen-bond acceptors (Lipinski definition) is 3. The van der Waals surface area contributed by atoms with Crippen molar-refractivity contribution in [1.29, 1.82) is 0 Å². The average molecular weight is 261 g/mol. The Balaban J connectivity index is 2.01. The molecule has 2 rings (SSSR count). The molecule has 1 heterocycles. The monoisotopic (exact) mass is 261 g/mol. The van der Waals surface area contributed by atoms with Crippen molar-refractivity contribution in [1.82, 2.24) is 5.32 Å². The van der Waals surface area contributed by atoms with Crippen LogP contribution in [0.3, 0.4) is 0 Å². The Kier molecular flexibility index (Phi) is 4.41. The highest BCUT2D eigenvalue weighted by Gasteiger charge is 2.05. The molecule has 0 aliphatic rings. The zero-order valence-corrected chi connectivity index (χ0v) is 11.2. The number of nitrogens with two attached hydrogens (primary N) is 1. The number of furan rings is 1. The van der Waals surface area contributed by atoms with Crippen LogP contribution in [0.15, 0.2) is 39.9 Å². The van der Waals surface area contributed by atoms with E-state index in [0.717, 1.165) is 16.5 Å². The van der Waals surface area contributed by atoms with E-state index in [2.05, 4.69) is 10.3 Å². The number of aliphatic imine (C=N–C) groups is 1. The zero-order valence-electron chi connectivity index (χ0n) is 11.2. The van der Waals surface area contributed by atoms with Gasteiger partial charge < -0.3 is 20.2 Å². The maximum atomic E-state index is 5.82. The zero-order chi connectivity index (χ0) is 13.7. The summed E-state index contributed by atoms with van der Waals surface area (Å²) in [7, 11) is 1.66. The first-order chi connectivity index (χ1) is 9.20. The molecular weight excluding hydrogens is 242 g/mol. The minimum atomic E-state index is 0.134. The Hall–Kier alpha value is -2.01. The van der Waals surface area contributed by atoms with Crippen LogP contribution in [0.5, 0.6) is 0 Å². The molecule has 0 spiro atoms. The van der Waals surface area contributed by atoms with Crippen molar-refractivity contribution < 1.29 is 9.15 Å². The second kappa shape index (κ2) is 6.24. The van der Waals surface area contributed by atoms with Gasteiger partial charge in [0.1, 0.15) is 5.58 Å². The van der Waals surface area contributed by atoms with E-state index in [-0.39, 0.29) is 6.04 Å². The van der Waals surface area contributed by atoms with Crippen LogP contribution in [-0.4, -0.2) is 25.7 Å². The molecule has 1 atom stereocenters. The molecule has 0 saturated carbocycles. The molecule has 5 heteroatoms. The molecule has 0 aliphatic heterocycles. The smallest absolute Gasteiger partial charge is 0.189 e. The predicted octanol–water partition coefficient (Wildman–Crippen LogP) is 1.87. The van der Waals surface area contributed by atoms with Crippen LogP contribution < -0.4 is 11.1 Å². The van der Waals surface area contributed by atoms with E-state index in [1.165, 1.54) is 0 Å². The van der Waals surface area contributed by atoms with Crippen molar-refractivity contribution in [3.05, 3.63) is 36.1 Å². The van der Waals surface area contributed by atoms with Crippen molar-refractivity contribution in [3.63, 3.8) is 0 Å². The fourth-order valence-corrected chi connectivity index (χ4v) is 1.92. The molecule has 1 aromatic carbocycles. The van der Waals surface area contributed by atoms with Gasteiger partial charge in [-0.25, -0.2) is 4.99 Å². The lowest BCUT2D eigenvalue weighted by atomic mass is 10.2. The van der Waals surface area contributed by atoms with E-state index in [4.69, 9.17) is 14.9 Å². The molecule has 0 aliphatic carbocycles. The van der Waals surface area contributed by atoms with Gasteiger partial charge in [-0.05, 0) is 13.0 Å². The summed E-state index contributed by atoms with van der Waals surface area (Å²) in [6.07, 6.45) is 1.72. The van der Waals surface area contributed by atoms with Crippen molar-refractivity contribution >= 4 is 16.9 Å². The highest BCUT2D eigenvalue weighted by molar-refractivity contribution is 5.82. The first-order valence-corrected chi connectivity index (χ1v) is 6.21. The van der Waals surface area contributed by atoms with Crippen molar-refractivity contribution in [2.24, 2.45) is 10.7 Å². The second-order valence-electron chi connectivity index (χ2n) is 4.46. The topological polar surface area (TPSA) is 72.8 Å². The van der Waals surface area contributed by atoms with Crippen LogP contribution in [0.2, 0.25) is 0 Å². The fraction of sp³-hybridized carbons (Fsp3) is 0.357. The van der Waals surface area contributed by atoms with E-state index in [1.54, 1.807) is 13.4 Å². The summed E-state index contributed by atoms with van der Waals surface area (Å²) >= 11 is 0. The lowest BCUT2D eigenvalue weighted by molar-refractivity contribution is 0.179. The summed E-state index contributed by atoms with van der Waals surface area (Å²) in [6.45, 7) is 3.07. The van der Waals surface area contributed by atoms with Crippen LogP contribution in [0.1, 0.15) is 12.5 Å². The number of methoxy groups -OCH3 is 1. The number of fused-ring (bicyclic) bond motifs is 1. The Morgan fingerprint density at radius 2 is 2.26 bits per heavy atom. The number of benzene rings is 1. The van der Waals surface area contributed by atoms with Crippen LogP contribution >= 0.6 is 0 Å². The highest BCUT2D eigenvalue weighted by Crippen LogP contribution is 2.21. The second-order valence-corrected chi connectivity index (χ2v) is 4.46. The summed E-state index contributed by atoms with van der Waals surface area (Å²) in [5.41, 5.74) is 7.71. The maximum absolute atomic E-state index is 5.82. The summed E-state index contributed by atoms with van der Waals surface area (Å²) < 4.78 is 10.5. The van der Waals surface area contributed by atoms with Crippen LogP contribution in [-0.2, 0) is 11.3 Å². The summed E-state index contributed by atoms with van der Waals surface area (Å²) in [5, 5.41) is 4.14. The number of rotatable bonds is 5. The van der Waals surface area contributed by atoms with Crippen molar-refractivity contribution in [2.75, 3.05) is 13.7 Å². The molecule has 1 unspecified atom stereocenters. The minimum Gasteiger partial charge on any atom is -0.464 e. The van der Waals surface area contributed by atoms with E-state index in [1.807, 2.05) is 31.2 Å². The molecule has 19 heavy (non-hydrogen) atoms. The number of guanidine groups is 1. The standard InChI is InChI=1S/C14H19N3O2/c1-10(8-18-2)17-14(15)16-7-11-9-19-13-6-4-3-5-12(11)13/h3-6,9-10H,7-8H2,1-2H3,(H3,15,16,17). The fourth-order valence-electron chi connectivity index (χ4n) is 1.92. The molecule has 3 N–H and O–H groups in total. The van der Waals surface area contributed by atoms with Crippen molar-refractivity contribution in [2.45, 2.75) is 19.5 Å². The molecule has 0 saturated heterocycles. The summed E-state index contributed by atoms with van der Waals surface area (Å²) in [5.74, 6) is 0.412. The van der Waals surface area contributed by atoms with Gasteiger partial charge in [-0.3, -0.25) is 0 Å². The first kappa shape index (κ1) is 13.4. The first-order valence-electron chi connectivity index (χ1n) is 6.21. The van der Waals surface area contributed by atoms with Gasteiger partial charge in [0.2, 0.25) is 0 Å². The summed E-state index contributed by atoms with van der Waals surface area (Å²) in [6, 6.07) is 8.01. The van der Waals surface area contributed by atoms with E-state index >= 15 is 0 Å². The molecular formula is C14H19N3O2. The number of hydrogen-bond donors (Lipinski definition) is 2. The third-order valence-electron chi connectivity index (χ3n) is 2.79. The quantitative estimate of drug-likeness (QED) is 0.636. The highest BCUT2D eigenvalue weighted by atomic mass is 16.5. The molecule has 1 aromatic heterocycles. The molecule has 2 aromatic rings. The van der Waals surface area contributed by atoms with Crippen LogP contribution in [0.25, 0.3) is 11.0 Å². The summed E-state index contributed by atoms with van der Waals surface area (Å²) in [4.78, 5) is 4.31. The number of ether oxygens (including phenoxy) is 1. The number of para-hydroxylation sites is 1. The van der Waals surface area contributed by atoms with Gasteiger partial charge in [0.25, 0.3) is 0 Å². The Morgan fingerprint density at radius 3 is 3.05 bits per heavy atom. The average Bonchev–Trinajstić information content (AvgIpc) is 2.80. The third kappa shape index (κ3) is 3.48. The minimum absolute atomic E-state index is 0.134. The molecule has 0 radical (unpaired) electrons. The molecule has 102 valence electrons. The lowest BCUT2D eigenvalue weighted by Crippen LogP contribution is -2.40. The van der Waals surface area contributed by atoms with Gasteiger partial charge in [0.15, 0.2) is 5.96 Å². The van der Waals surface area contributed by atoms with E-state index in [0.29, 0.717) is 19.1 Å². The predicted molar refractivity (Wildman–Crippen MR) is 76.0 cm³/mol.